The van der Waals surface area contributed by atoms with E-state index in [9.17, 15) is 10.2 Å². The lowest BCUT2D eigenvalue weighted by atomic mass is 10.0. The first-order valence-corrected chi connectivity index (χ1v) is 9.00. The number of phenols is 1. The first-order chi connectivity index (χ1) is 11.7. The monoisotopic (exact) mass is 336 g/mol. The van der Waals surface area contributed by atoms with E-state index >= 15 is 0 Å². The highest BCUT2D eigenvalue weighted by Crippen LogP contribution is 2.26. The maximum atomic E-state index is 10.7. The van der Waals surface area contributed by atoms with Crippen LogP contribution in [0, 0.1) is 6.92 Å². The summed E-state index contributed by atoms with van der Waals surface area (Å²) in [5.74, 6) is 0.367. The minimum absolute atomic E-state index is 0.0223. The molecule has 122 valence electrons. The van der Waals surface area contributed by atoms with E-state index in [0.29, 0.717) is 20.8 Å². The van der Waals surface area contributed by atoms with Crippen molar-refractivity contribution in [3.05, 3.63) is 89.0 Å². The Morgan fingerprint density at radius 2 is 1.54 bits per heavy atom. The molecule has 24 heavy (non-hydrogen) atoms. The fourth-order valence-corrected chi connectivity index (χ4v) is 4.16. The number of para-hydroxylation sites is 1. The summed E-state index contributed by atoms with van der Waals surface area (Å²) in [6.07, 6.45) is 0.714. The van der Waals surface area contributed by atoms with Crippen LogP contribution in [0.3, 0.4) is 0 Å². The average Bonchev–Trinajstić information content (AvgIpc) is 2.61. The third kappa shape index (κ3) is 3.67. The van der Waals surface area contributed by atoms with Gasteiger partial charge in [0.2, 0.25) is 0 Å². The Kier molecular flexibility index (Phi) is 5.30. The third-order valence-electron chi connectivity index (χ3n) is 4.15. The van der Waals surface area contributed by atoms with Crippen molar-refractivity contribution in [3.8, 4) is 5.75 Å². The van der Waals surface area contributed by atoms with Gasteiger partial charge in [0, 0.05) is 11.7 Å². The zero-order valence-corrected chi connectivity index (χ0v) is 14.7. The fraction of sp³-hybridized carbons (Fsp3) is 0.143. The van der Waals surface area contributed by atoms with Crippen LogP contribution in [0.25, 0.3) is 0 Å². The number of aliphatic hydroxyl groups is 1. The summed E-state index contributed by atoms with van der Waals surface area (Å²) in [5.41, 5.74) is 4.19. The molecule has 2 N–H and O–H groups in total. The molecule has 0 aliphatic carbocycles. The molecule has 3 rings (SSSR count). The Morgan fingerprint density at radius 1 is 0.833 bits per heavy atom. The maximum Gasteiger partial charge on any atom is 0.126 e. The SMILES string of the molecule is Cc1cccc(CO)c1Pc1cccc(Cc2ccccc2)c1O. The van der Waals surface area contributed by atoms with Crippen LogP contribution < -0.4 is 10.6 Å². The number of hydrogen-bond donors (Lipinski definition) is 2. The van der Waals surface area contributed by atoms with Crippen LogP contribution in [-0.2, 0) is 13.0 Å². The Hall–Kier alpha value is -2.15. The van der Waals surface area contributed by atoms with Crippen molar-refractivity contribution < 1.29 is 10.2 Å². The van der Waals surface area contributed by atoms with Crippen molar-refractivity contribution in [2.45, 2.75) is 20.0 Å². The molecule has 0 aromatic heterocycles. The zero-order chi connectivity index (χ0) is 16.9. The largest absolute Gasteiger partial charge is 0.507 e. The molecule has 3 aromatic carbocycles. The van der Waals surface area contributed by atoms with Gasteiger partial charge in [0.1, 0.15) is 5.75 Å². The molecule has 1 atom stereocenters. The second kappa shape index (κ2) is 7.61. The van der Waals surface area contributed by atoms with E-state index in [1.165, 1.54) is 5.56 Å². The van der Waals surface area contributed by atoms with Crippen LogP contribution in [0.4, 0.5) is 0 Å². The van der Waals surface area contributed by atoms with Gasteiger partial charge in [0.15, 0.2) is 0 Å². The van der Waals surface area contributed by atoms with Crippen molar-refractivity contribution >= 4 is 19.2 Å². The third-order valence-corrected chi connectivity index (χ3v) is 5.78. The molecule has 0 amide bonds. The van der Waals surface area contributed by atoms with Crippen LogP contribution in [0.5, 0.6) is 5.75 Å². The van der Waals surface area contributed by atoms with E-state index in [-0.39, 0.29) is 6.61 Å². The zero-order valence-electron chi connectivity index (χ0n) is 13.7. The van der Waals surface area contributed by atoms with Gasteiger partial charge in [-0.15, -0.1) is 0 Å². The lowest BCUT2D eigenvalue weighted by Crippen LogP contribution is -2.13. The molecule has 0 saturated heterocycles. The molecule has 1 unspecified atom stereocenters. The van der Waals surface area contributed by atoms with Crippen LogP contribution in [0.1, 0.15) is 22.3 Å². The highest BCUT2D eigenvalue weighted by Gasteiger charge is 2.12. The van der Waals surface area contributed by atoms with Crippen LogP contribution in [0.15, 0.2) is 66.7 Å². The van der Waals surface area contributed by atoms with Crippen LogP contribution >= 0.6 is 8.58 Å². The molecule has 0 spiro atoms. The molecule has 0 saturated carbocycles. The van der Waals surface area contributed by atoms with Gasteiger partial charge in [-0.25, -0.2) is 0 Å². The normalized spacial score (nSPS) is 11.2. The number of aliphatic hydroxyl groups excluding tert-OH is 1. The Morgan fingerprint density at radius 3 is 2.29 bits per heavy atom. The van der Waals surface area contributed by atoms with Gasteiger partial charge >= 0.3 is 0 Å². The summed E-state index contributed by atoms with van der Waals surface area (Å²) in [5, 5.41) is 22.3. The number of aromatic hydroxyl groups is 1. The Bertz CT molecular complexity index is 828. The first kappa shape index (κ1) is 16.7. The van der Waals surface area contributed by atoms with Gasteiger partial charge < -0.3 is 10.2 Å². The highest BCUT2D eigenvalue weighted by atomic mass is 31.1. The van der Waals surface area contributed by atoms with E-state index < -0.39 is 0 Å². The lowest BCUT2D eigenvalue weighted by molar-refractivity contribution is 0.283. The molecule has 0 heterocycles. The standard InChI is InChI=1S/C21H21O2P/c1-15-7-5-11-18(14-22)21(15)24-19-12-6-10-17(20(19)23)13-16-8-3-2-4-9-16/h2-12,22-24H,13-14H2,1H3. The van der Waals surface area contributed by atoms with E-state index in [2.05, 4.69) is 12.1 Å². The molecular formula is C21H21O2P. The summed E-state index contributed by atoms with van der Waals surface area (Å²) in [4.78, 5) is 0. The van der Waals surface area contributed by atoms with Crippen molar-refractivity contribution in [1.29, 1.82) is 0 Å². The smallest absolute Gasteiger partial charge is 0.126 e. The minimum Gasteiger partial charge on any atom is -0.507 e. The molecule has 3 aromatic rings. The van der Waals surface area contributed by atoms with Gasteiger partial charge in [-0.3, -0.25) is 0 Å². The molecule has 3 heteroatoms. The van der Waals surface area contributed by atoms with Gasteiger partial charge in [0.25, 0.3) is 0 Å². The van der Waals surface area contributed by atoms with Crippen LogP contribution in [-0.4, -0.2) is 10.2 Å². The Balaban J connectivity index is 1.92. The number of phenolic OH excluding ortho intramolecular Hbond substituents is 1. The molecule has 0 bridgehead atoms. The molecule has 0 fully saturated rings. The van der Waals surface area contributed by atoms with Crippen molar-refractivity contribution in [2.75, 3.05) is 0 Å². The van der Waals surface area contributed by atoms with Crippen molar-refractivity contribution in [3.63, 3.8) is 0 Å². The average molecular weight is 336 g/mol. The Labute approximate surface area is 144 Å². The molecule has 0 aliphatic heterocycles. The molecular weight excluding hydrogens is 315 g/mol. The van der Waals surface area contributed by atoms with Crippen molar-refractivity contribution in [2.24, 2.45) is 0 Å². The van der Waals surface area contributed by atoms with E-state index in [1.54, 1.807) is 0 Å². The van der Waals surface area contributed by atoms with Gasteiger partial charge in [-0.2, -0.15) is 0 Å². The summed E-state index contributed by atoms with van der Waals surface area (Å²) in [6, 6.07) is 22.0. The van der Waals surface area contributed by atoms with Gasteiger partial charge in [-0.1, -0.05) is 75.3 Å². The predicted octanol–water partition coefficient (Wildman–Crippen LogP) is 3.41. The summed E-state index contributed by atoms with van der Waals surface area (Å²) in [6.45, 7) is 2.07. The molecule has 0 aliphatic rings. The predicted molar refractivity (Wildman–Crippen MR) is 102 cm³/mol. The second-order valence-electron chi connectivity index (χ2n) is 5.87. The summed E-state index contributed by atoms with van der Waals surface area (Å²) < 4.78 is 0. The topological polar surface area (TPSA) is 40.5 Å². The van der Waals surface area contributed by atoms with E-state index in [0.717, 1.165) is 27.3 Å². The van der Waals surface area contributed by atoms with Gasteiger partial charge in [0.05, 0.1) is 6.61 Å². The quantitative estimate of drug-likeness (QED) is 0.701. The van der Waals surface area contributed by atoms with Crippen molar-refractivity contribution in [1.82, 2.24) is 0 Å². The molecule has 0 radical (unpaired) electrons. The number of hydrogen-bond acceptors (Lipinski definition) is 2. The number of rotatable bonds is 5. The number of aryl methyl sites for hydroxylation is 1. The van der Waals surface area contributed by atoms with E-state index in [4.69, 9.17) is 0 Å². The highest BCUT2D eigenvalue weighted by molar-refractivity contribution is 7.56. The van der Waals surface area contributed by atoms with Gasteiger partial charge in [-0.05, 0) is 34.5 Å². The minimum atomic E-state index is 0.0223. The molecule has 2 nitrogen and oxygen atoms in total. The second-order valence-corrected chi connectivity index (χ2v) is 7.16. The fourth-order valence-electron chi connectivity index (χ4n) is 2.82. The summed E-state index contributed by atoms with van der Waals surface area (Å²) >= 11 is 0. The maximum absolute atomic E-state index is 10.7. The summed E-state index contributed by atoms with van der Waals surface area (Å²) in [7, 11) is 0.327. The van der Waals surface area contributed by atoms with Crippen LogP contribution in [0.2, 0.25) is 0 Å². The lowest BCUT2D eigenvalue weighted by Gasteiger charge is -2.14. The number of benzene rings is 3. The first-order valence-electron chi connectivity index (χ1n) is 8.00. The van der Waals surface area contributed by atoms with E-state index in [1.807, 2.05) is 61.5 Å².